The number of nitrogens with zero attached hydrogens (tertiary/aromatic N) is 2. The van der Waals surface area contributed by atoms with Crippen LogP contribution in [-0.4, -0.2) is 29.3 Å². The average molecular weight is 354 g/mol. The van der Waals surface area contributed by atoms with Gasteiger partial charge in [0.15, 0.2) is 0 Å². The van der Waals surface area contributed by atoms with Crippen molar-refractivity contribution in [3.05, 3.63) is 47.5 Å². The summed E-state index contributed by atoms with van der Waals surface area (Å²) in [5.41, 5.74) is 7.78. The fourth-order valence-electron chi connectivity index (χ4n) is 3.57. The minimum Gasteiger partial charge on any atom is -0.497 e. The van der Waals surface area contributed by atoms with Crippen LogP contribution < -0.4 is 15.8 Å². The third kappa shape index (κ3) is 3.17. The molecule has 0 saturated heterocycles. The molecule has 1 aliphatic heterocycles. The third-order valence-electron chi connectivity index (χ3n) is 4.95. The van der Waals surface area contributed by atoms with Crippen LogP contribution in [0.2, 0.25) is 0 Å². The summed E-state index contributed by atoms with van der Waals surface area (Å²) in [4.78, 5) is 11.5. The molecule has 7 nitrogen and oxygen atoms in total. The van der Waals surface area contributed by atoms with Gasteiger partial charge in [0.25, 0.3) is 5.91 Å². The Labute approximate surface area is 151 Å². The molecule has 0 fully saturated rings. The summed E-state index contributed by atoms with van der Waals surface area (Å²) in [6.07, 6.45) is 3.41. The van der Waals surface area contributed by atoms with E-state index >= 15 is 0 Å². The molecule has 1 aliphatic rings. The minimum atomic E-state index is -0.405. The Balaban J connectivity index is 1.36. The number of rotatable bonds is 6. The van der Waals surface area contributed by atoms with E-state index in [4.69, 9.17) is 14.9 Å². The van der Waals surface area contributed by atoms with Crippen molar-refractivity contribution in [2.45, 2.75) is 25.9 Å². The van der Waals surface area contributed by atoms with Gasteiger partial charge in [-0.15, -0.1) is 0 Å². The zero-order chi connectivity index (χ0) is 18.1. The molecule has 1 aromatic carbocycles. The zero-order valence-corrected chi connectivity index (χ0v) is 14.7. The highest BCUT2D eigenvalue weighted by Gasteiger charge is 2.24. The summed E-state index contributed by atoms with van der Waals surface area (Å²) in [6, 6.07) is 7.82. The second-order valence-electron chi connectivity index (χ2n) is 6.70. The number of nitrogens with two attached hydrogens (primary N) is 1. The molecule has 0 unspecified atom stereocenters. The smallest absolute Gasteiger partial charge is 0.252 e. The zero-order valence-electron chi connectivity index (χ0n) is 14.7. The Bertz CT molecular complexity index is 944. The van der Waals surface area contributed by atoms with Crippen molar-refractivity contribution in [2.75, 3.05) is 13.7 Å². The molecule has 26 heavy (non-hydrogen) atoms. The molecule has 1 amide bonds. The van der Waals surface area contributed by atoms with Gasteiger partial charge in [0.05, 0.1) is 31.1 Å². The third-order valence-corrected chi connectivity index (χ3v) is 4.95. The maximum absolute atomic E-state index is 11.5. The minimum absolute atomic E-state index is 0.405. The number of aromatic nitrogens is 2. The monoisotopic (exact) mass is 354 g/mol. The number of methoxy groups -OCH3 is 1. The second kappa shape index (κ2) is 6.84. The highest BCUT2D eigenvalue weighted by Crippen LogP contribution is 2.25. The summed E-state index contributed by atoms with van der Waals surface area (Å²) in [5.74, 6) is 1.76. The van der Waals surface area contributed by atoms with Gasteiger partial charge in [-0.25, -0.2) is 0 Å². The van der Waals surface area contributed by atoms with Gasteiger partial charge in [-0.1, -0.05) is 0 Å². The summed E-state index contributed by atoms with van der Waals surface area (Å²) in [6.45, 7) is 2.33. The second-order valence-corrected chi connectivity index (χ2v) is 6.70. The lowest BCUT2D eigenvalue weighted by molar-refractivity contribution is 0.0998. The van der Waals surface area contributed by atoms with Gasteiger partial charge in [-0.05, 0) is 49.6 Å². The SMILES string of the molecule is COc1ccc2oc(CNC[C@H]3CCn4ncc(C(N)=O)c4C3)cc2c1. The molecule has 3 aromatic rings. The molecule has 4 rings (SSSR count). The molecule has 0 aliphatic carbocycles. The molecule has 2 aromatic heterocycles. The van der Waals surface area contributed by atoms with Crippen LogP contribution in [0.25, 0.3) is 11.0 Å². The first kappa shape index (κ1) is 16.7. The van der Waals surface area contributed by atoms with Crippen LogP contribution in [-0.2, 0) is 19.5 Å². The van der Waals surface area contributed by atoms with Gasteiger partial charge in [0.2, 0.25) is 0 Å². The molecule has 3 N–H and O–H groups in total. The molecule has 7 heteroatoms. The lowest BCUT2D eigenvalue weighted by Gasteiger charge is -2.24. The summed E-state index contributed by atoms with van der Waals surface area (Å²) in [5, 5.41) is 8.75. The number of carbonyl (C=O) groups is 1. The molecule has 3 heterocycles. The van der Waals surface area contributed by atoms with Crippen LogP contribution in [0.3, 0.4) is 0 Å². The van der Waals surface area contributed by atoms with E-state index in [1.165, 1.54) is 0 Å². The van der Waals surface area contributed by atoms with Crippen LogP contribution in [0.15, 0.2) is 34.9 Å². The number of amides is 1. The number of hydrogen-bond donors (Lipinski definition) is 2. The average Bonchev–Trinajstić information content (AvgIpc) is 3.24. The number of hydrogen-bond acceptors (Lipinski definition) is 5. The maximum Gasteiger partial charge on any atom is 0.252 e. The Kier molecular flexibility index (Phi) is 4.38. The van der Waals surface area contributed by atoms with Gasteiger partial charge in [-0.3, -0.25) is 9.48 Å². The normalized spacial score (nSPS) is 16.6. The number of ether oxygens (including phenoxy) is 1. The van der Waals surface area contributed by atoms with E-state index in [2.05, 4.69) is 10.4 Å². The van der Waals surface area contributed by atoms with Crippen molar-refractivity contribution in [1.29, 1.82) is 0 Å². The topological polar surface area (TPSA) is 95.3 Å². The highest BCUT2D eigenvalue weighted by molar-refractivity contribution is 5.93. The fraction of sp³-hybridized carbons (Fsp3) is 0.368. The van der Waals surface area contributed by atoms with E-state index in [1.807, 2.05) is 28.9 Å². The number of primary amides is 1. The van der Waals surface area contributed by atoms with E-state index in [9.17, 15) is 4.79 Å². The van der Waals surface area contributed by atoms with Gasteiger partial charge in [0, 0.05) is 11.9 Å². The molecule has 0 spiro atoms. The Hall–Kier alpha value is -2.80. The van der Waals surface area contributed by atoms with Crippen molar-refractivity contribution < 1.29 is 13.9 Å². The van der Waals surface area contributed by atoms with Crippen molar-refractivity contribution in [3.63, 3.8) is 0 Å². The van der Waals surface area contributed by atoms with Crippen molar-refractivity contribution >= 4 is 16.9 Å². The molecule has 0 bridgehead atoms. The van der Waals surface area contributed by atoms with E-state index < -0.39 is 5.91 Å². The van der Waals surface area contributed by atoms with E-state index in [1.54, 1.807) is 13.3 Å². The van der Waals surface area contributed by atoms with Crippen LogP contribution in [0, 0.1) is 5.92 Å². The Morgan fingerprint density at radius 1 is 1.46 bits per heavy atom. The van der Waals surface area contributed by atoms with Crippen LogP contribution in [0.1, 0.15) is 28.2 Å². The number of furan rings is 1. The molecule has 1 atom stereocenters. The Morgan fingerprint density at radius 2 is 2.35 bits per heavy atom. The lowest BCUT2D eigenvalue weighted by atomic mass is 9.94. The molecule has 0 saturated carbocycles. The van der Waals surface area contributed by atoms with Gasteiger partial charge in [0.1, 0.15) is 17.1 Å². The first-order chi connectivity index (χ1) is 12.6. The lowest BCUT2D eigenvalue weighted by Crippen LogP contribution is -2.30. The number of carbonyl (C=O) groups excluding carboxylic acids is 1. The molecular weight excluding hydrogens is 332 g/mol. The summed E-state index contributed by atoms with van der Waals surface area (Å²) < 4.78 is 13.0. The number of fused-ring (bicyclic) bond motifs is 2. The predicted octanol–water partition coefficient (Wildman–Crippen LogP) is 2.09. The molecule has 136 valence electrons. The summed E-state index contributed by atoms with van der Waals surface area (Å²) in [7, 11) is 1.66. The standard InChI is InChI=1S/C19H22N4O3/c1-25-14-2-3-18-13(7-14)8-15(26-18)10-21-9-12-4-5-23-17(6-12)16(11-22-23)19(20)24/h2-3,7-8,11-12,21H,4-6,9-10H2,1H3,(H2,20,24)/t12-/m0/s1. The van der Waals surface area contributed by atoms with E-state index in [0.29, 0.717) is 18.0 Å². The number of aryl methyl sites for hydroxylation is 1. The van der Waals surface area contributed by atoms with Crippen molar-refractivity contribution in [1.82, 2.24) is 15.1 Å². The quantitative estimate of drug-likeness (QED) is 0.707. The van der Waals surface area contributed by atoms with Gasteiger partial charge < -0.3 is 20.2 Å². The van der Waals surface area contributed by atoms with Crippen LogP contribution >= 0.6 is 0 Å². The van der Waals surface area contributed by atoms with Gasteiger partial charge in [-0.2, -0.15) is 5.10 Å². The predicted molar refractivity (Wildman–Crippen MR) is 97.0 cm³/mol. The van der Waals surface area contributed by atoms with Crippen molar-refractivity contribution in [2.24, 2.45) is 11.7 Å². The number of benzene rings is 1. The molecular formula is C19H22N4O3. The summed E-state index contributed by atoms with van der Waals surface area (Å²) >= 11 is 0. The van der Waals surface area contributed by atoms with Crippen LogP contribution in [0.4, 0.5) is 0 Å². The maximum atomic E-state index is 11.5. The Morgan fingerprint density at radius 3 is 3.15 bits per heavy atom. The highest BCUT2D eigenvalue weighted by atomic mass is 16.5. The number of nitrogens with one attached hydrogen (secondary N) is 1. The fourth-order valence-corrected chi connectivity index (χ4v) is 3.57. The molecule has 0 radical (unpaired) electrons. The van der Waals surface area contributed by atoms with Gasteiger partial charge >= 0.3 is 0 Å². The first-order valence-corrected chi connectivity index (χ1v) is 8.75. The first-order valence-electron chi connectivity index (χ1n) is 8.75. The van der Waals surface area contributed by atoms with Crippen LogP contribution in [0.5, 0.6) is 5.75 Å². The largest absolute Gasteiger partial charge is 0.497 e. The van der Waals surface area contributed by atoms with Crippen molar-refractivity contribution in [3.8, 4) is 5.75 Å². The van der Waals surface area contributed by atoms with E-state index in [0.717, 1.165) is 54.1 Å². The van der Waals surface area contributed by atoms with E-state index in [-0.39, 0.29) is 0 Å².